The molecule has 5 aliphatic carbocycles. The quantitative estimate of drug-likeness (QED) is 0.0971. The SMILES string of the molecule is CC1=CC[C@@]2(C(=O)O[C@H]3O[C@@H](CO[C@H]4O[C@@H](CO)[C@H](O[C@H]5O[C@H](C)[C@@H](O)[C@H](O)[C@@H]5O)[C@@H](O)[C@@H]4O)[C@H](O)[C@@H](O)[C@@H]3O)CC[C@@]3(C)C(CCC4[C@]5(C)C[C@H](O)[C@@H](O)[C@](C)(CO)C5CC[C@@]43C)C2C1C. The minimum absolute atomic E-state index is 0.00890. The summed E-state index contributed by atoms with van der Waals surface area (Å²) in [5.41, 5.74) is -1.48. The summed E-state index contributed by atoms with van der Waals surface area (Å²) in [5.74, 6) is -0.496. The van der Waals surface area contributed by atoms with Gasteiger partial charge in [-0.25, -0.2) is 0 Å². The molecular formula is C48H78O19. The molecule has 12 N–H and O–H groups in total. The van der Waals surface area contributed by atoms with Crippen LogP contribution in [0.3, 0.4) is 0 Å². The molecule has 19 nitrogen and oxygen atoms in total. The zero-order valence-corrected chi connectivity index (χ0v) is 39.8. The van der Waals surface area contributed by atoms with Gasteiger partial charge >= 0.3 is 5.97 Å². The Labute approximate surface area is 392 Å². The fourth-order valence-electron chi connectivity index (χ4n) is 15.6. The Balaban J connectivity index is 0.972. The molecule has 384 valence electrons. The molecule has 19 heteroatoms. The van der Waals surface area contributed by atoms with Crippen LogP contribution in [-0.2, 0) is 33.2 Å². The molecule has 3 saturated heterocycles. The molecule has 0 radical (unpaired) electrons. The third kappa shape index (κ3) is 7.92. The number of allylic oxidation sites excluding steroid dienone is 2. The van der Waals surface area contributed by atoms with Gasteiger partial charge in [-0.2, -0.15) is 0 Å². The molecule has 8 aliphatic rings. The van der Waals surface area contributed by atoms with E-state index < -0.39 is 134 Å². The number of hydrogen-bond donors (Lipinski definition) is 12. The highest BCUT2D eigenvalue weighted by Gasteiger charge is 2.72. The lowest BCUT2D eigenvalue weighted by molar-refractivity contribution is -0.361. The van der Waals surface area contributed by atoms with Crippen molar-refractivity contribution in [1.82, 2.24) is 0 Å². The maximum atomic E-state index is 15.0. The van der Waals surface area contributed by atoms with Gasteiger partial charge in [0.15, 0.2) is 12.6 Å². The Morgan fingerprint density at radius 1 is 0.701 bits per heavy atom. The van der Waals surface area contributed by atoms with Crippen molar-refractivity contribution in [3.05, 3.63) is 11.6 Å². The number of hydrogen-bond acceptors (Lipinski definition) is 19. The van der Waals surface area contributed by atoms with Crippen molar-refractivity contribution in [3.8, 4) is 0 Å². The summed E-state index contributed by atoms with van der Waals surface area (Å²) in [6, 6.07) is 0. The lowest BCUT2D eigenvalue weighted by atomic mass is 9.31. The zero-order chi connectivity index (χ0) is 49.1. The molecule has 0 bridgehead atoms. The van der Waals surface area contributed by atoms with Gasteiger partial charge in [0.05, 0.1) is 43.5 Å². The molecule has 27 atom stereocenters. The summed E-state index contributed by atoms with van der Waals surface area (Å²) in [5, 5.41) is 130. The Bertz CT molecular complexity index is 1820. The monoisotopic (exact) mass is 959 g/mol. The summed E-state index contributed by atoms with van der Waals surface area (Å²) in [6.45, 7) is 12.9. The first-order chi connectivity index (χ1) is 31.4. The number of carbonyl (C=O) groups excluding carboxylic acids is 1. The average molecular weight is 959 g/mol. The number of fused-ring (bicyclic) bond motifs is 7. The fraction of sp³-hybridized carbons (Fsp3) is 0.938. The predicted octanol–water partition coefficient (Wildman–Crippen LogP) is -1.03. The van der Waals surface area contributed by atoms with Crippen LogP contribution in [0, 0.1) is 56.7 Å². The summed E-state index contributed by atoms with van der Waals surface area (Å²) >= 11 is 0. The van der Waals surface area contributed by atoms with Gasteiger partial charge in [0.1, 0.15) is 67.1 Å². The third-order valence-corrected chi connectivity index (χ3v) is 19.9. The van der Waals surface area contributed by atoms with E-state index in [1.807, 2.05) is 6.92 Å². The molecule has 0 aromatic rings. The first-order valence-corrected chi connectivity index (χ1v) is 24.5. The number of esters is 1. The van der Waals surface area contributed by atoms with E-state index in [-0.39, 0.29) is 52.4 Å². The minimum atomic E-state index is -1.86. The van der Waals surface area contributed by atoms with Gasteiger partial charge in [-0.1, -0.05) is 46.3 Å². The summed E-state index contributed by atoms with van der Waals surface area (Å²) in [7, 11) is 0. The molecule has 0 aromatic heterocycles. The second-order valence-electron chi connectivity index (χ2n) is 22.9. The Morgan fingerprint density at radius 3 is 2.01 bits per heavy atom. The highest BCUT2D eigenvalue weighted by atomic mass is 16.8. The third-order valence-electron chi connectivity index (χ3n) is 19.9. The normalized spacial score (nSPS) is 56.7. The van der Waals surface area contributed by atoms with Crippen LogP contribution >= 0.6 is 0 Å². The molecule has 0 aromatic carbocycles. The Kier molecular flexibility index (Phi) is 14.4. The second-order valence-corrected chi connectivity index (χ2v) is 22.9. The smallest absolute Gasteiger partial charge is 0.315 e. The van der Waals surface area contributed by atoms with Crippen molar-refractivity contribution in [1.29, 1.82) is 0 Å². The van der Waals surface area contributed by atoms with E-state index in [4.69, 9.17) is 28.4 Å². The molecule has 8 rings (SSSR count). The standard InChI is InChI=1S/C48H78O19/c1-20-10-13-48(15-14-46(6)23(29(48)21(20)2)8-9-28-44(4)16-24(51)39(60)45(5,19-50)27(44)11-12-47(28,46)7)43(61)67-42-36(58)33(55)31(53)26(65-42)18-62-40-37(59)34(56)38(25(17-49)64-40)66-41-35(57)32(54)30(52)22(3)63-41/h10,21-42,49-60H,8-9,11-19H2,1-7H3/t21?,22-,23?,24+,25+,26+,27?,28?,29?,30-,31+,32+,33-,34+,35+,36+,37+,38+,39-,40+,41-,42-,44-,45-,46+,47+,48-/m1/s1. The highest BCUT2D eigenvalue weighted by Crippen LogP contribution is 2.77. The minimum Gasteiger partial charge on any atom is -0.432 e. The van der Waals surface area contributed by atoms with E-state index in [9.17, 15) is 61.3 Å². The number of aliphatic hydroxyl groups excluding tert-OH is 12. The van der Waals surface area contributed by atoms with Crippen molar-refractivity contribution < 1.29 is 94.5 Å². The molecule has 7 fully saturated rings. The molecule has 0 spiro atoms. The molecular weight excluding hydrogens is 881 g/mol. The molecule has 67 heavy (non-hydrogen) atoms. The van der Waals surface area contributed by atoms with Crippen LogP contribution in [-0.4, -0.2) is 191 Å². The van der Waals surface area contributed by atoms with E-state index in [2.05, 4.69) is 40.7 Å². The number of ether oxygens (including phenoxy) is 6. The highest BCUT2D eigenvalue weighted by molar-refractivity contribution is 5.78. The zero-order valence-electron chi connectivity index (χ0n) is 39.8. The van der Waals surface area contributed by atoms with Crippen molar-refractivity contribution >= 4 is 5.97 Å². The van der Waals surface area contributed by atoms with Gasteiger partial charge in [0.2, 0.25) is 6.29 Å². The molecule has 0 amide bonds. The number of rotatable bonds is 9. The maximum absolute atomic E-state index is 15.0. The van der Waals surface area contributed by atoms with Crippen molar-refractivity contribution in [2.24, 2.45) is 56.7 Å². The van der Waals surface area contributed by atoms with Crippen molar-refractivity contribution in [3.63, 3.8) is 0 Å². The van der Waals surface area contributed by atoms with E-state index in [1.165, 1.54) is 12.5 Å². The van der Waals surface area contributed by atoms with Gasteiger partial charge in [0.25, 0.3) is 0 Å². The fourth-order valence-corrected chi connectivity index (χ4v) is 15.6. The first kappa shape index (κ1) is 51.9. The summed E-state index contributed by atoms with van der Waals surface area (Å²) in [6.07, 6.45) is -18.9. The second kappa shape index (κ2) is 18.5. The van der Waals surface area contributed by atoms with Gasteiger partial charge in [0, 0.05) is 5.41 Å². The molecule has 3 heterocycles. The average Bonchev–Trinajstić information content (AvgIpc) is 3.29. The lowest BCUT2D eigenvalue weighted by Gasteiger charge is -2.73. The van der Waals surface area contributed by atoms with E-state index in [0.717, 1.165) is 25.7 Å². The van der Waals surface area contributed by atoms with Gasteiger partial charge in [-0.3, -0.25) is 4.79 Å². The molecule has 3 aliphatic heterocycles. The van der Waals surface area contributed by atoms with E-state index in [1.54, 1.807) is 0 Å². The van der Waals surface area contributed by atoms with Crippen molar-refractivity contribution in [2.45, 2.75) is 204 Å². The lowest BCUT2D eigenvalue weighted by Crippen LogP contribution is -2.70. The molecule has 4 saturated carbocycles. The summed E-state index contributed by atoms with van der Waals surface area (Å²) < 4.78 is 34.7. The Morgan fingerprint density at radius 2 is 1.34 bits per heavy atom. The van der Waals surface area contributed by atoms with Crippen LogP contribution in [0.15, 0.2) is 11.6 Å². The van der Waals surface area contributed by atoms with Crippen molar-refractivity contribution in [2.75, 3.05) is 19.8 Å². The Hall–Kier alpha value is -1.47. The van der Waals surface area contributed by atoms with Crippen LogP contribution < -0.4 is 0 Å². The van der Waals surface area contributed by atoms with Crippen LogP contribution in [0.1, 0.15) is 99.8 Å². The number of carbonyl (C=O) groups is 1. The predicted molar refractivity (Wildman–Crippen MR) is 231 cm³/mol. The van der Waals surface area contributed by atoms with E-state index in [0.29, 0.717) is 25.7 Å². The van der Waals surface area contributed by atoms with Gasteiger partial charge in [-0.05, 0) is 111 Å². The van der Waals surface area contributed by atoms with Gasteiger partial charge in [-0.15, -0.1) is 0 Å². The topological polar surface area (TPSA) is 315 Å². The van der Waals surface area contributed by atoms with Crippen LogP contribution in [0.25, 0.3) is 0 Å². The first-order valence-electron chi connectivity index (χ1n) is 24.5. The number of aliphatic hydroxyl groups is 12. The molecule has 5 unspecified atom stereocenters. The van der Waals surface area contributed by atoms with Crippen LogP contribution in [0.5, 0.6) is 0 Å². The maximum Gasteiger partial charge on any atom is 0.315 e. The van der Waals surface area contributed by atoms with E-state index >= 15 is 4.79 Å². The van der Waals surface area contributed by atoms with Crippen LogP contribution in [0.2, 0.25) is 0 Å². The summed E-state index contributed by atoms with van der Waals surface area (Å²) in [4.78, 5) is 15.0. The van der Waals surface area contributed by atoms with Crippen LogP contribution in [0.4, 0.5) is 0 Å². The largest absolute Gasteiger partial charge is 0.432 e. The van der Waals surface area contributed by atoms with Gasteiger partial charge < -0.3 is 89.7 Å².